The van der Waals surface area contributed by atoms with Crippen molar-refractivity contribution in [1.82, 2.24) is 4.90 Å². The SMILES string of the molecule is OC1CCN(CC(O)COc2ccc(Cl)cc2)C1. The highest BCUT2D eigenvalue weighted by molar-refractivity contribution is 6.30. The summed E-state index contributed by atoms with van der Waals surface area (Å²) in [5.74, 6) is 0.694. The first-order valence-electron chi connectivity index (χ1n) is 6.10. The van der Waals surface area contributed by atoms with Crippen molar-refractivity contribution < 1.29 is 14.9 Å². The lowest BCUT2D eigenvalue weighted by Crippen LogP contribution is -2.34. The van der Waals surface area contributed by atoms with Crippen molar-refractivity contribution >= 4 is 11.6 Å². The Hall–Kier alpha value is -0.810. The first-order chi connectivity index (χ1) is 8.63. The number of rotatable bonds is 5. The lowest BCUT2D eigenvalue weighted by Gasteiger charge is -2.19. The first-order valence-corrected chi connectivity index (χ1v) is 6.48. The molecule has 0 amide bonds. The largest absolute Gasteiger partial charge is 0.491 e. The molecule has 0 aliphatic carbocycles. The number of hydrogen-bond acceptors (Lipinski definition) is 4. The second-order valence-electron chi connectivity index (χ2n) is 4.62. The molecule has 0 spiro atoms. The second kappa shape index (κ2) is 6.38. The standard InChI is InChI=1S/C13H18ClNO3/c14-10-1-3-13(4-2-10)18-9-12(17)8-15-6-5-11(16)7-15/h1-4,11-12,16-17H,5-9H2. The molecule has 0 radical (unpaired) electrons. The van der Waals surface area contributed by atoms with Gasteiger partial charge >= 0.3 is 0 Å². The Bertz CT molecular complexity index is 371. The van der Waals surface area contributed by atoms with E-state index in [0.717, 1.165) is 13.0 Å². The molecule has 2 rings (SSSR count). The molecule has 0 bridgehead atoms. The number of hydrogen-bond donors (Lipinski definition) is 2. The molecule has 4 nitrogen and oxygen atoms in total. The minimum Gasteiger partial charge on any atom is -0.491 e. The van der Waals surface area contributed by atoms with Gasteiger partial charge in [0, 0.05) is 24.7 Å². The highest BCUT2D eigenvalue weighted by Crippen LogP contribution is 2.16. The summed E-state index contributed by atoms with van der Waals surface area (Å²) in [5.41, 5.74) is 0. The summed E-state index contributed by atoms with van der Waals surface area (Å²) in [6, 6.07) is 7.05. The van der Waals surface area contributed by atoms with Gasteiger partial charge in [-0.2, -0.15) is 0 Å². The molecule has 100 valence electrons. The summed E-state index contributed by atoms with van der Waals surface area (Å²) in [4.78, 5) is 2.04. The molecule has 1 aromatic carbocycles. The maximum atomic E-state index is 9.84. The number of aliphatic hydroxyl groups excluding tert-OH is 2. The Morgan fingerprint density at radius 1 is 1.39 bits per heavy atom. The average Bonchev–Trinajstić information content (AvgIpc) is 2.74. The van der Waals surface area contributed by atoms with Gasteiger partial charge in [0.2, 0.25) is 0 Å². The summed E-state index contributed by atoms with van der Waals surface area (Å²) in [5, 5.41) is 19.9. The Kier molecular flexibility index (Phi) is 4.83. The maximum absolute atomic E-state index is 9.84. The van der Waals surface area contributed by atoms with Crippen LogP contribution in [0.5, 0.6) is 5.75 Å². The molecule has 2 N–H and O–H groups in total. The number of β-amino-alcohol motifs (C(OH)–C–C–N with tert-alkyl or cyclic N) is 2. The van der Waals surface area contributed by atoms with E-state index in [0.29, 0.717) is 23.9 Å². The van der Waals surface area contributed by atoms with Crippen LogP contribution in [0.2, 0.25) is 5.02 Å². The summed E-state index contributed by atoms with van der Waals surface area (Å²) < 4.78 is 5.46. The Labute approximate surface area is 112 Å². The van der Waals surface area contributed by atoms with Crippen LogP contribution < -0.4 is 4.74 Å². The zero-order valence-electron chi connectivity index (χ0n) is 10.1. The first kappa shape index (κ1) is 13.6. The van der Waals surface area contributed by atoms with Crippen LogP contribution in [0.4, 0.5) is 0 Å². The summed E-state index contributed by atoms with van der Waals surface area (Å²) in [6.45, 7) is 2.25. The summed E-state index contributed by atoms with van der Waals surface area (Å²) >= 11 is 5.77. The highest BCUT2D eigenvalue weighted by atomic mass is 35.5. The van der Waals surface area contributed by atoms with Gasteiger partial charge in [-0.05, 0) is 30.7 Å². The minimum atomic E-state index is -0.550. The number of benzene rings is 1. The molecule has 5 heteroatoms. The normalized spacial score (nSPS) is 22.1. The van der Waals surface area contributed by atoms with Crippen LogP contribution >= 0.6 is 11.6 Å². The zero-order valence-corrected chi connectivity index (χ0v) is 10.9. The molecule has 0 saturated carbocycles. The predicted molar refractivity (Wildman–Crippen MR) is 70.0 cm³/mol. The molecular weight excluding hydrogens is 254 g/mol. The molecule has 1 aliphatic heterocycles. The quantitative estimate of drug-likeness (QED) is 0.844. The maximum Gasteiger partial charge on any atom is 0.119 e. The Morgan fingerprint density at radius 2 is 2.11 bits per heavy atom. The molecule has 1 saturated heterocycles. The van der Waals surface area contributed by atoms with Gasteiger partial charge in [0.15, 0.2) is 0 Å². The smallest absolute Gasteiger partial charge is 0.119 e. The summed E-state index contributed by atoms with van der Waals surface area (Å²) in [7, 11) is 0. The van der Waals surface area contributed by atoms with Gasteiger partial charge in [-0.15, -0.1) is 0 Å². The van der Waals surface area contributed by atoms with Crippen molar-refractivity contribution in [2.75, 3.05) is 26.2 Å². The topological polar surface area (TPSA) is 52.9 Å². The number of ether oxygens (including phenoxy) is 1. The van der Waals surface area contributed by atoms with Gasteiger partial charge < -0.3 is 14.9 Å². The highest BCUT2D eigenvalue weighted by Gasteiger charge is 2.22. The Balaban J connectivity index is 1.71. The molecule has 1 fully saturated rings. The fourth-order valence-electron chi connectivity index (χ4n) is 2.05. The van der Waals surface area contributed by atoms with Crippen molar-refractivity contribution in [3.05, 3.63) is 29.3 Å². The van der Waals surface area contributed by atoms with Crippen LogP contribution in [0, 0.1) is 0 Å². The summed E-state index contributed by atoms with van der Waals surface area (Å²) in [6.07, 6.45) is -0.0227. The lowest BCUT2D eigenvalue weighted by atomic mass is 10.3. The van der Waals surface area contributed by atoms with E-state index in [-0.39, 0.29) is 12.7 Å². The zero-order chi connectivity index (χ0) is 13.0. The van der Waals surface area contributed by atoms with Crippen LogP contribution in [0.3, 0.4) is 0 Å². The number of aliphatic hydroxyl groups is 2. The van der Waals surface area contributed by atoms with Crippen molar-refractivity contribution in [3.63, 3.8) is 0 Å². The monoisotopic (exact) mass is 271 g/mol. The van der Waals surface area contributed by atoms with Crippen LogP contribution in [0.25, 0.3) is 0 Å². The van der Waals surface area contributed by atoms with E-state index < -0.39 is 6.10 Å². The molecule has 2 atom stereocenters. The van der Waals surface area contributed by atoms with Crippen LogP contribution in [0.1, 0.15) is 6.42 Å². The third-order valence-electron chi connectivity index (χ3n) is 2.97. The molecule has 18 heavy (non-hydrogen) atoms. The van der Waals surface area contributed by atoms with Gasteiger partial charge in [-0.3, -0.25) is 4.90 Å². The number of likely N-dealkylation sites (tertiary alicyclic amines) is 1. The molecule has 0 aromatic heterocycles. The number of halogens is 1. The van der Waals surface area contributed by atoms with Crippen molar-refractivity contribution in [2.45, 2.75) is 18.6 Å². The van der Waals surface area contributed by atoms with Gasteiger partial charge in [0.25, 0.3) is 0 Å². The second-order valence-corrected chi connectivity index (χ2v) is 5.06. The van der Waals surface area contributed by atoms with E-state index in [2.05, 4.69) is 0 Å². The van der Waals surface area contributed by atoms with E-state index in [4.69, 9.17) is 16.3 Å². The molecular formula is C13H18ClNO3. The van der Waals surface area contributed by atoms with Crippen LogP contribution in [0.15, 0.2) is 24.3 Å². The van der Waals surface area contributed by atoms with Gasteiger partial charge in [-0.25, -0.2) is 0 Å². The fourth-order valence-corrected chi connectivity index (χ4v) is 2.18. The third-order valence-corrected chi connectivity index (χ3v) is 3.22. The van der Waals surface area contributed by atoms with E-state index >= 15 is 0 Å². The fraction of sp³-hybridized carbons (Fsp3) is 0.538. The average molecular weight is 272 g/mol. The molecule has 2 unspecified atom stereocenters. The van der Waals surface area contributed by atoms with E-state index in [1.807, 2.05) is 4.90 Å². The van der Waals surface area contributed by atoms with Gasteiger partial charge in [0.05, 0.1) is 6.10 Å². The predicted octanol–water partition coefficient (Wildman–Crippen LogP) is 1.15. The van der Waals surface area contributed by atoms with E-state index in [1.54, 1.807) is 24.3 Å². The number of nitrogens with zero attached hydrogens (tertiary/aromatic N) is 1. The molecule has 1 aliphatic rings. The molecule has 1 aromatic rings. The van der Waals surface area contributed by atoms with Gasteiger partial charge in [0.1, 0.15) is 18.5 Å². The van der Waals surface area contributed by atoms with Crippen molar-refractivity contribution in [3.8, 4) is 5.75 Å². The van der Waals surface area contributed by atoms with Crippen molar-refractivity contribution in [1.29, 1.82) is 0 Å². The van der Waals surface area contributed by atoms with Crippen LogP contribution in [-0.4, -0.2) is 53.6 Å². The lowest BCUT2D eigenvalue weighted by molar-refractivity contribution is 0.0707. The van der Waals surface area contributed by atoms with Gasteiger partial charge in [-0.1, -0.05) is 11.6 Å². The van der Waals surface area contributed by atoms with Crippen molar-refractivity contribution in [2.24, 2.45) is 0 Å². The van der Waals surface area contributed by atoms with E-state index in [1.165, 1.54) is 0 Å². The minimum absolute atomic E-state index is 0.244. The van der Waals surface area contributed by atoms with Crippen LogP contribution in [-0.2, 0) is 0 Å². The third kappa shape index (κ3) is 4.14. The molecule has 1 heterocycles. The van der Waals surface area contributed by atoms with E-state index in [9.17, 15) is 10.2 Å². The Morgan fingerprint density at radius 3 is 2.72 bits per heavy atom.